The molecule has 1 fully saturated rings. The second kappa shape index (κ2) is 4.06. The van der Waals surface area contributed by atoms with Crippen LogP contribution < -0.4 is 10.6 Å². The van der Waals surface area contributed by atoms with E-state index >= 15 is 0 Å². The van der Waals surface area contributed by atoms with Crippen molar-refractivity contribution >= 4 is 16.7 Å². The summed E-state index contributed by atoms with van der Waals surface area (Å²) in [7, 11) is 0. The lowest BCUT2D eigenvalue weighted by Gasteiger charge is -2.12. The van der Waals surface area contributed by atoms with Crippen LogP contribution in [0.1, 0.15) is 32.5 Å². The van der Waals surface area contributed by atoms with E-state index in [0.717, 1.165) is 24.0 Å². The molecule has 1 saturated heterocycles. The predicted octanol–water partition coefficient (Wildman–Crippen LogP) is 1.44. The number of aromatic nitrogens is 2. The van der Waals surface area contributed by atoms with Crippen LogP contribution in [0.5, 0.6) is 0 Å². The number of anilines is 1. The van der Waals surface area contributed by atoms with Crippen molar-refractivity contribution in [2.24, 2.45) is 11.7 Å². The fraction of sp³-hybridized carbons (Fsp3) is 0.800. The predicted molar refractivity (Wildman–Crippen MR) is 63.4 cm³/mol. The number of hydrogen-bond acceptors (Lipinski definition) is 5. The van der Waals surface area contributed by atoms with Crippen LogP contribution in [-0.4, -0.2) is 28.5 Å². The molecule has 2 N–H and O–H groups in total. The summed E-state index contributed by atoms with van der Waals surface area (Å²) in [5.41, 5.74) is 5.99. The van der Waals surface area contributed by atoms with Crippen LogP contribution in [0.2, 0.25) is 0 Å². The SMILES string of the molecule is CC(C)c1nsc(N2CC(C)C(N)C2)n1. The number of rotatable bonds is 2. The summed E-state index contributed by atoms with van der Waals surface area (Å²) >= 11 is 1.49. The highest BCUT2D eigenvalue weighted by atomic mass is 32.1. The van der Waals surface area contributed by atoms with Crippen LogP contribution in [0.4, 0.5) is 5.13 Å². The molecule has 0 amide bonds. The Bertz CT molecular complexity index is 326. The Kier molecular flexibility index (Phi) is 2.93. The van der Waals surface area contributed by atoms with Gasteiger partial charge in [-0.3, -0.25) is 0 Å². The Hall–Kier alpha value is -0.680. The van der Waals surface area contributed by atoms with E-state index in [2.05, 4.69) is 35.0 Å². The molecule has 0 aromatic carbocycles. The van der Waals surface area contributed by atoms with Gasteiger partial charge in [-0.25, -0.2) is 4.98 Å². The Balaban J connectivity index is 2.10. The van der Waals surface area contributed by atoms with Gasteiger partial charge in [0.05, 0.1) is 0 Å². The zero-order valence-corrected chi connectivity index (χ0v) is 10.3. The Morgan fingerprint density at radius 3 is 2.67 bits per heavy atom. The van der Waals surface area contributed by atoms with Crippen molar-refractivity contribution in [3.05, 3.63) is 5.82 Å². The molecule has 1 aliphatic heterocycles. The highest BCUT2D eigenvalue weighted by Crippen LogP contribution is 2.26. The van der Waals surface area contributed by atoms with Crippen LogP contribution in [0.25, 0.3) is 0 Å². The van der Waals surface area contributed by atoms with Crippen molar-refractivity contribution in [1.29, 1.82) is 0 Å². The van der Waals surface area contributed by atoms with Gasteiger partial charge in [0.2, 0.25) is 5.13 Å². The topological polar surface area (TPSA) is 55.0 Å². The molecule has 1 aromatic heterocycles. The standard InChI is InChI=1S/C10H18N4S/c1-6(2)9-12-10(15-13-9)14-4-7(3)8(11)5-14/h6-8H,4-5,11H2,1-3H3. The molecule has 0 saturated carbocycles. The zero-order valence-electron chi connectivity index (χ0n) is 9.47. The van der Waals surface area contributed by atoms with E-state index in [0.29, 0.717) is 11.8 Å². The van der Waals surface area contributed by atoms with Gasteiger partial charge >= 0.3 is 0 Å². The van der Waals surface area contributed by atoms with Crippen molar-refractivity contribution in [2.45, 2.75) is 32.7 Å². The second-order valence-electron chi connectivity index (χ2n) is 4.64. The van der Waals surface area contributed by atoms with E-state index in [9.17, 15) is 0 Å². The highest BCUT2D eigenvalue weighted by Gasteiger charge is 2.28. The molecule has 2 heterocycles. The minimum Gasteiger partial charge on any atom is -0.345 e. The lowest BCUT2D eigenvalue weighted by atomic mass is 10.1. The van der Waals surface area contributed by atoms with Crippen molar-refractivity contribution in [1.82, 2.24) is 9.36 Å². The summed E-state index contributed by atoms with van der Waals surface area (Å²) in [5, 5.41) is 1.03. The van der Waals surface area contributed by atoms with E-state index in [-0.39, 0.29) is 6.04 Å². The zero-order chi connectivity index (χ0) is 11.0. The van der Waals surface area contributed by atoms with Gasteiger partial charge in [-0.1, -0.05) is 20.8 Å². The first-order valence-electron chi connectivity index (χ1n) is 5.42. The van der Waals surface area contributed by atoms with Crippen molar-refractivity contribution in [3.8, 4) is 0 Å². The average molecular weight is 226 g/mol. The molecule has 0 aliphatic carbocycles. The molecule has 0 bridgehead atoms. The fourth-order valence-corrected chi connectivity index (χ4v) is 2.56. The van der Waals surface area contributed by atoms with Gasteiger partial charge in [-0.05, 0) is 5.92 Å². The lowest BCUT2D eigenvalue weighted by Crippen LogP contribution is -2.28. The maximum absolute atomic E-state index is 5.99. The summed E-state index contributed by atoms with van der Waals surface area (Å²) in [5.74, 6) is 1.91. The van der Waals surface area contributed by atoms with Crippen LogP contribution >= 0.6 is 11.5 Å². The van der Waals surface area contributed by atoms with E-state index in [1.54, 1.807) is 0 Å². The molecule has 84 valence electrons. The minimum absolute atomic E-state index is 0.274. The van der Waals surface area contributed by atoms with E-state index in [1.807, 2.05) is 0 Å². The number of nitrogens with two attached hydrogens (primary N) is 1. The average Bonchev–Trinajstić information content (AvgIpc) is 2.74. The number of hydrogen-bond donors (Lipinski definition) is 1. The van der Waals surface area contributed by atoms with Crippen molar-refractivity contribution < 1.29 is 0 Å². The van der Waals surface area contributed by atoms with Gasteiger partial charge in [-0.2, -0.15) is 4.37 Å². The quantitative estimate of drug-likeness (QED) is 0.829. The Morgan fingerprint density at radius 1 is 1.47 bits per heavy atom. The Labute approximate surface area is 94.7 Å². The smallest absolute Gasteiger partial charge is 0.205 e. The molecular formula is C10H18N4S. The summed E-state index contributed by atoms with van der Waals surface area (Å²) in [4.78, 5) is 6.79. The molecule has 5 heteroatoms. The molecular weight excluding hydrogens is 208 g/mol. The third-order valence-corrected chi connectivity index (χ3v) is 3.68. The monoisotopic (exact) mass is 226 g/mol. The molecule has 15 heavy (non-hydrogen) atoms. The van der Waals surface area contributed by atoms with Crippen LogP contribution in [0.3, 0.4) is 0 Å². The summed E-state index contributed by atoms with van der Waals surface area (Å²) in [6.45, 7) is 8.34. The first-order valence-corrected chi connectivity index (χ1v) is 6.19. The van der Waals surface area contributed by atoms with Crippen molar-refractivity contribution in [3.63, 3.8) is 0 Å². The fourth-order valence-electron chi connectivity index (χ4n) is 1.74. The van der Waals surface area contributed by atoms with E-state index < -0.39 is 0 Å². The van der Waals surface area contributed by atoms with E-state index in [4.69, 9.17) is 5.73 Å². The molecule has 1 aromatic rings. The summed E-state index contributed by atoms with van der Waals surface area (Å²) in [6.07, 6.45) is 0. The number of nitrogens with zero attached hydrogens (tertiary/aromatic N) is 3. The molecule has 2 unspecified atom stereocenters. The van der Waals surface area contributed by atoms with Gasteiger partial charge in [0.25, 0.3) is 0 Å². The Morgan fingerprint density at radius 2 is 2.20 bits per heavy atom. The van der Waals surface area contributed by atoms with Gasteiger partial charge in [-0.15, -0.1) is 0 Å². The second-order valence-corrected chi connectivity index (χ2v) is 5.37. The molecule has 2 atom stereocenters. The van der Waals surface area contributed by atoms with Crippen LogP contribution in [0, 0.1) is 5.92 Å². The maximum atomic E-state index is 5.99. The van der Waals surface area contributed by atoms with Crippen LogP contribution in [-0.2, 0) is 0 Å². The van der Waals surface area contributed by atoms with Crippen molar-refractivity contribution in [2.75, 3.05) is 18.0 Å². The molecule has 1 aliphatic rings. The van der Waals surface area contributed by atoms with E-state index in [1.165, 1.54) is 11.5 Å². The lowest BCUT2D eigenvalue weighted by molar-refractivity contribution is 0.566. The normalized spacial score (nSPS) is 26.6. The summed E-state index contributed by atoms with van der Waals surface area (Å²) < 4.78 is 4.36. The third-order valence-electron chi connectivity index (χ3n) is 2.89. The summed E-state index contributed by atoms with van der Waals surface area (Å²) in [6, 6.07) is 0.274. The first kappa shape index (κ1) is 10.8. The first-order chi connectivity index (χ1) is 7.08. The van der Waals surface area contributed by atoms with Gasteiger partial charge in [0.15, 0.2) is 0 Å². The highest BCUT2D eigenvalue weighted by molar-refractivity contribution is 7.09. The molecule has 0 radical (unpaired) electrons. The van der Waals surface area contributed by atoms with Crippen LogP contribution in [0.15, 0.2) is 0 Å². The largest absolute Gasteiger partial charge is 0.345 e. The maximum Gasteiger partial charge on any atom is 0.205 e. The van der Waals surface area contributed by atoms with Gasteiger partial charge < -0.3 is 10.6 Å². The molecule has 4 nitrogen and oxygen atoms in total. The van der Waals surface area contributed by atoms with Gasteiger partial charge in [0.1, 0.15) is 5.82 Å². The molecule has 2 rings (SSSR count). The molecule has 0 spiro atoms. The van der Waals surface area contributed by atoms with Gasteiger partial charge in [0, 0.05) is 36.6 Å². The third kappa shape index (κ3) is 2.13. The minimum atomic E-state index is 0.274.